The second-order valence-corrected chi connectivity index (χ2v) is 7.11. The summed E-state index contributed by atoms with van der Waals surface area (Å²) < 4.78 is 26.6. The number of halogens is 3. The molecule has 0 saturated carbocycles. The van der Waals surface area contributed by atoms with E-state index in [0.29, 0.717) is 21.1 Å². The Hall–Kier alpha value is 0.0300. The van der Waals surface area contributed by atoms with Gasteiger partial charge in [0.2, 0.25) is 10.0 Å². The Labute approximate surface area is 120 Å². The molecule has 0 spiro atoms. The molecule has 17 heavy (non-hydrogen) atoms. The van der Waals surface area contributed by atoms with E-state index < -0.39 is 10.0 Å². The van der Waals surface area contributed by atoms with E-state index >= 15 is 0 Å². The summed E-state index contributed by atoms with van der Waals surface area (Å²) in [6, 6.07) is 4.84. The molecular formula is C10H12BrCl2NO2S. The molecule has 1 atom stereocenters. The molecule has 1 aromatic carbocycles. The zero-order valence-electron chi connectivity index (χ0n) is 9.08. The lowest BCUT2D eigenvalue weighted by atomic mass is 10.3. The van der Waals surface area contributed by atoms with Gasteiger partial charge in [-0.05, 0) is 40.0 Å². The van der Waals surface area contributed by atoms with Gasteiger partial charge in [0.25, 0.3) is 0 Å². The third-order valence-corrected chi connectivity index (χ3v) is 5.26. The Balaban J connectivity index is 2.80. The monoisotopic (exact) mass is 359 g/mol. The van der Waals surface area contributed by atoms with Crippen LogP contribution in [0.2, 0.25) is 5.02 Å². The minimum Gasteiger partial charge on any atom is -0.284 e. The molecule has 0 radical (unpaired) electrons. The number of hydrogen-bond acceptors (Lipinski definition) is 2. The van der Waals surface area contributed by atoms with Crippen molar-refractivity contribution in [1.29, 1.82) is 0 Å². The first-order valence-corrected chi connectivity index (χ1v) is 8.21. The van der Waals surface area contributed by atoms with Crippen LogP contribution in [0.4, 0.5) is 5.69 Å². The summed E-state index contributed by atoms with van der Waals surface area (Å²) in [7, 11) is -3.37. The van der Waals surface area contributed by atoms with Gasteiger partial charge in [-0.15, -0.1) is 11.6 Å². The second kappa shape index (κ2) is 6.27. The molecule has 0 aliphatic carbocycles. The smallest absolute Gasteiger partial charge is 0.233 e. The quantitative estimate of drug-likeness (QED) is 0.813. The largest absolute Gasteiger partial charge is 0.284 e. The lowest BCUT2D eigenvalue weighted by molar-refractivity contribution is 0.588. The average molecular weight is 361 g/mol. The number of benzene rings is 1. The predicted molar refractivity (Wildman–Crippen MR) is 76.4 cm³/mol. The minimum absolute atomic E-state index is 0.00323. The normalized spacial score (nSPS) is 13.4. The molecule has 0 aliphatic rings. The summed E-state index contributed by atoms with van der Waals surface area (Å²) in [4.78, 5) is 0. The maximum Gasteiger partial charge on any atom is 0.233 e. The highest BCUT2D eigenvalue weighted by molar-refractivity contribution is 9.10. The van der Waals surface area contributed by atoms with Crippen LogP contribution in [0.25, 0.3) is 0 Å². The number of anilines is 1. The van der Waals surface area contributed by atoms with Crippen molar-refractivity contribution in [3.63, 3.8) is 0 Å². The van der Waals surface area contributed by atoms with E-state index in [2.05, 4.69) is 20.7 Å². The first-order valence-electron chi connectivity index (χ1n) is 4.85. The Kier molecular flexibility index (Phi) is 5.57. The Morgan fingerprint density at radius 3 is 2.65 bits per heavy atom. The zero-order chi connectivity index (χ0) is 13.1. The third kappa shape index (κ3) is 5.04. The molecule has 0 amide bonds. The highest BCUT2D eigenvalue weighted by Gasteiger charge is 2.15. The summed E-state index contributed by atoms with van der Waals surface area (Å²) >= 11 is 14.6. The van der Waals surface area contributed by atoms with Gasteiger partial charge in [0, 0.05) is 16.0 Å². The number of rotatable bonds is 5. The van der Waals surface area contributed by atoms with Crippen molar-refractivity contribution in [3.05, 3.63) is 27.7 Å². The summed E-state index contributed by atoms with van der Waals surface area (Å²) in [5.74, 6) is 0.215. The highest BCUT2D eigenvalue weighted by Crippen LogP contribution is 2.26. The lowest BCUT2D eigenvalue weighted by Gasteiger charge is -2.11. The van der Waals surface area contributed by atoms with Crippen molar-refractivity contribution in [1.82, 2.24) is 0 Å². The standard InChI is InChI=1S/C10H12BrCl2NO2S/c1-7(5-12)6-17(15,16)14-8-2-3-10(13)9(11)4-8/h2-4,7,14H,5-6H2,1H3. The Morgan fingerprint density at radius 1 is 1.47 bits per heavy atom. The third-order valence-electron chi connectivity index (χ3n) is 1.96. The van der Waals surface area contributed by atoms with Gasteiger partial charge in [-0.3, -0.25) is 4.72 Å². The van der Waals surface area contributed by atoms with Crippen LogP contribution in [0.3, 0.4) is 0 Å². The van der Waals surface area contributed by atoms with Crippen LogP contribution in [-0.2, 0) is 10.0 Å². The van der Waals surface area contributed by atoms with E-state index in [1.165, 1.54) is 0 Å². The molecule has 0 aromatic heterocycles. The van der Waals surface area contributed by atoms with Gasteiger partial charge in [-0.25, -0.2) is 8.42 Å². The first kappa shape index (κ1) is 15.1. The van der Waals surface area contributed by atoms with E-state index in [4.69, 9.17) is 23.2 Å². The molecule has 0 fully saturated rings. The van der Waals surface area contributed by atoms with Crippen LogP contribution in [0.15, 0.2) is 22.7 Å². The van der Waals surface area contributed by atoms with Crippen LogP contribution in [0.1, 0.15) is 6.92 Å². The molecule has 1 aromatic rings. The first-order chi connectivity index (χ1) is 7.84. The van der Waals surface area contributed by atoms with Crippen molar-refractivity contribution in [2.24, 2.45) is 5.92 Å². The van der Waals surface area contributed by atoms with Gasteiger partial charge in [0.15, 0.2) is 0 Å². The van der Waals surface area contributed by atoms with Gasteiger partial charge >= 0.3 is 0 Å². The molecule has 0 bridgehead atoms. The van der Waals surface area contributed by atoms with Gasteiger partial charge in [0.05, 0.1) is 10.8 Å². The molecule has 7 heteroatoms. The number of sulfonamides is 1. The molecule has 1 rings (SSSR count). The SMILES string of the molecule is CC(CCl)CS(=O)(=O)Nc1ccc(Cl)c(Br)c1. The van der Waals surface area contributed by atoms with E-state index in [-0.39, 0.29) is 11.7 Å². The van der Waals surface area contributed by atoms with Crippen molar-refractivity contribution in [2.75, 3.05) is 16.4 Å². The molecule has 1 N–H and O–H groups in total. The van der Waals surface area contributed by atoms with Crippen molar-refractivity contribution in [3.8, 4) is 0 Å². The molecule has 0 saturated heterocycles. The van der Waals surface area contributed by atoms with Gasteiger partial charge < -0.3 is 0 Å². The molecule has 3 nitrogen and oxygen atoms in total. The van der Waals surface area contributed by atoms with Crippen LogP contribution < -0.4 is 4.72 Å². The van der Waals surface area contributed by atoms with Crippen LogP contribution in [0, 0.1) is 5.92 Å². The lowest BCUT2D eigenvalue weighted by Crippen LogP contribution is -2.22. The summed E-state index contributed by atoms with van der Waals surface area (Å²) in [6.07, 6.45) is 0. The highest BCUT2D eigenvalue weighted by atomic mass is 79.9. The van der Waals surface area contributed by atoms with Crippen LogP contribution in [0.5, 0.6) is 0 Å². The number of alkyl halides is 1. The maximum atomic E-state index is 11.7. The van der Waals surface area contributed by atoms with Crippen molar-refractivity contribution in [2.45, 2.75) is 6.92 Å². The second-order valence-electron chi connectivity index (χ2n) is 3.77. The van der Waals surface area contributed by atoms with Crippen molar-refractivity contribution < 1.29 is 8.42 Å². The zero-order valence-corrected chi connectivity index (χ0v) is 13.0. The van der Waals surface area contributed by atoms with E-state index in [1.807, 2.05) is 0 Å². The van der Waals surface area contributed by atoms with E-state index in [1.54, 1.807) is 25.1 Å². The summed E-state index contributed by atoms with van der Waals surface area (Å²) in [5.41, 5.74) is 0.475. The van der Waals surface area contributed by atoms with Gasteiger partial charge in [-0.1, -0.05) is 18.5 Å². The predicted octanol–water partition coefficient (Wildman–Crippen LogP) is 3.72. The molecular weight excluding hydrogens is 349 g/mol. The van der Waals surface area contributed by atoms with E-state index in [9.17, 15) is 8.42 Å². The molecule has 0 heterocycles. The molecule has 96 valence electrons. The maximum absolute atomic E-state index is 11.7. The van der Waals surface area contributed by atoms with Crippen molar-refractivity contribution >= 4 is 54.8 Å². The summed E-state index contributed by atoms with van der Waals surface area (Å²) in [6.45, 7) is 1.78. The fraction of sp³-hybridized carbons (Fsp3) is 0.400. The molecule has 0 aliphatic heterocycles. The van der Waals surface area contributed by atoms with Crippen LogP contribution >= 0.6 is 39.1 Å². The number of hydrogen-bond donors (Lipinski definition) is 1. The average Bonchev–Trinajstić information content (AvgIpc) is 2.22. The molecule has 1 unspecified atom stereocenters. The van der Waals surface area contributed by atoms with Gasteiger partial charge in [0.1, 0.15) is 0 Å². The van der Waals surface area contributed by atoms with Gasteiger partial charge in [-0.2, -0.15) is 0 Å². The minimum atomic E-state index is -3.37. The Morgan fingerprint density at radius 2 is 2.12 bits per heavy atom. The number of nitrogens with one attached hydrogen (secondary N) is 1. The fourth-order valence-electron chi connectivity index (χ4n) is 1.20. The summed E-state index contributed by atoms with van der Waals surface area (Å²) in [5, 5.41) is 0.530. The Bertz CT molecular complexity index is 493. The fourth-order valence-corrected chi connectivity index (χ4v) is 3.37. The topological polar surface area (TPSA) is 46.2 Å². The van der Waals surface area contributed by atoms with Crippen LogP contribution in [-0.4, -0.2) is 20.1 Å². The van der Waals surface area contributed by atoms with E-state index in [0.717, 1.165) is 0 Å².